The molecule has 0 bridgehead atoms. The van der Waals surface area contributed by atoms with Gasteiger partial charge in [-0.3, -0.25) is 4.79 Å². The van der Waals surface area contributed by atoms with Crippen molar-refractivity contribution in [2.45, 2.75) is 0 Å². The first-order chi connectivity index (χ1) is 6.06. The number of alkyl halides is 1. The van der Waals surface area contributed by atoms with Gasteiger partial charge in [-0.25, -0.2) is 4.39 Å². The minimum atomic E-state index is -0.601. The zero-order valence-electron chi connectivity index (χ0n) is 6.28. The van der Waals surface area contributed by atoms with Gasteiger partial charge in [0.1, 0.15) is 5.82 Å². The lowest BCUT2D eigenvalue weighted by Gasteiger charge is -2.02. The summed E-state index contributed by atoms with van der Waals surface area (Å²) in [7, 11) is 0. The molecule has 0 aromatic heterocycles. The minimum Gasteiger partial charge on any atom is -0.293 e. The Bertz CT molecular complexity index is 354. The lowest BCUT2D eigenvalue weighted by Crippen LogP contribution is -2.03. The van der Waals surface area contributed by atoms with E-state index in [0.717, 1.165) is 6.07 Å². The average Bonchev–Trinajstić information content (AvgIpc) is 2.10. The summed E-state index contributed by atoms with van der Waals surface area (Å²) < 4.78 is 13.5. The van der Waals surface area contributed by atoms with E-state index in [0.29, 0.717) is 3.57 Å². The molecule has 1 aromatic rings. The van der Waals surface area contributed by atoms with Crippen LogP contribution < -0.4 is 0 Å². The highest BCUT2D eigenvalue weighted by Gasteiger charge is 2.12. The maximum Gasteiger partial charge on any atom is 0.178 e. The summed E-state index contributed by atoms with van der Waals surface area (Å²) in [5.41, 5.74) is 0.275. The van der Waals surface area contributed by atoms with Gasteiger partial charge in [0, 0.05) is 9.13 Å². The SMILES string of the molecule is O=C(CCl)c1cc(F)c(Cl)cc1I. The molecule has 13 heavy (non-hydrogen) atoms. The fraction of sp³-hybridized carbons (Fsp3) is 0.125. The molecule has 0 aliphatic carbocycles. The van der Waals surface area contributed by atoms with Gasteiger partial charge in [0.25, 0.3) is 0 Å². The Kier molecular flexibility index (Phi) is 3.94. The second kappa shape index (κ2) is 4.57. The molecular formula is C8H4Cl2FIO. The Morgan fingerprint density at radius 2 is 2.15 bits per heavy atom. The van der Waals surface area contributed by atoms with Crippen molar-refractivity contribution in [3.63, 3.8) is 0 Å². The van der Waals surface area contributed by atoms with Crippen LogP contribution in [0.2, 0.25) is 5.02 Å². The van der Waals surface area contributed by atoms with Gasteiger partial charge in [0.15, 0.2) is 5.78 Å². The van der Waals surface area contributed by atoms with Crippen LogP contribution in [-0.2, 0) is 0 Å². The lowest BCUT2D eigenvalue weighted by molar-refractivity contribution is 0.102. The van der Waals surface area contributed by atoms with Crippen LogP contribution in [0.3, 0.4) is 0 Å². The van der Waals surface area contributed by atoms with Crippen molar-refractivity contribution >= 4 is 51.6 Å². The number of hydrogen-bond donors (Lipinski definition) is 0. The second-order valence-electron chi connectivity index (χ2n) is 2.30. The minimum absolute atomic E-state index is 0.00974. The van der Waals surface area contributed by atoms with Gasteiger partial charge in [0.05, 0.1) is 10.9 Å². The number of carbonyl (C=O) groups is 1. The van der Waals surface area contributed by atoms with E-state index in [1.807, 2.05) is 22.6 Å². The third-order valence-corrected chi connectivity index (χ3v) is 2.86. The molecule has 1 nitrogen and oxygen atoms in total. The third-order valence-electron chi connectivity index (χ3n) is 1.43. The highest BCUT2D eigenvalue weighted by atomic mass is 127. The Morgan fingerprint density at radius 1 is 1.54 bits per heavy atom. The van der Waals surface area contributed by atoms with Gasteiger partial charge in [-0.2, -0.15) is 0 Å². The number of Topliss-reactive ketones (excluding diaryl/α,β-unsaturated/α-hetero) is 1. The standard InChI is InChI=1S/C8H4Cl2FIO/c9-3-8(13)4-1-6(11)5(10)2-7(4)12/h1-2H,3H2. The third kappa shape index (κ3) is 2.54. The molecule has 0 aliphatic heterocycles. The van der Waals surface area contributed by atoms with Crippen LogP contribution in [0.1, 0.15) is 10.4 Å². The smallest absolute Gasteiger partial charge is 0.178 e. The first-order valence-corrected chi connectivity index (χ1v) is 5.29. The first kappa shape index (κ1) is 11.2. The highest BCUT2D eigenvalue weighted by molar-refractivity contribution is 14.1. The molecule has 70 valence electrons. The quantitative estimate of drug-likeness (QED) is 0.350. The number of ketones is 1. The van der Waals surface area contributed by atoms with Crippen LogP contribution >= 0.6 is 45.8 Å². The molecule has 0 aliphatic rings. The van der Waals surface area contributed by atoms with Crippen LogP contribution in [0.25, 0.3) is 0 Å². The average molecular weight is 333 g/mol. The van der Waals surface area contributed by atoms with Crippen LogP contribution in [-0.4, -0.2) is 11.7 Å². The summed E-state index contributed by atoms with van der Waals surface area (Å²) in [6.07, 6.45) is 0. The van der Waals surface area contributed by atoms with Crippen molar-refractivity contribution in [1.82, 2.24) is 0 Å². The first-order valence-electron chi connectivity index (χ1n) is 3.30. The van der Waals surface area contributed by atoms with E-state index in [-0.39, 0.29) is 22.2 Å². The Balaban J connectivity index is 3.23. The maximum absolute atomic E-state index is 12.9. The molecule has 1 rings (SSSR count). The molecular weight excluding hydrogens is 329 g/mol. The molecule has 0 amide bonds. The molecule has 1 aromatic carbocycles. The fourth-order valence-corrected chi connectivity index (χ4v) is 2.07. The van der Waals surface area contributed by atoms with Gasteiger partial charge in [-0.05, 0) is 34.7 Å². The van der Waals surface area contributed by atoms with Crippen molar-refractivity contribution < 1.29 is 9.18 Å². The van der Waals surface area contributed by atoms with E-state index in [4.69, 9.17) is 23.2 Å². The van der Waals surface area contributed by atoms with E-state index in [1.165, 1.54) is 6.07 Å². The van der Waals surface area contributed by atoms with Crippen LogP contribution in [0.4, 0.5) is 4.39 Å². The number of rotatable bonds is 2. The zero-order chi connectivity index (χ0) is 10.0. The molecule has 0 spiro atoms. The number of hydrogen-bond acceptors (Lipinski definition) is 1. The predicted molar refractivity (Wildman–Crippen MR) is 59.2 cm³/mol. The van der Waals surface area contributed by atoms with E-state index in [2.05, 4.69) is 0 Å². The number of halogens is 4. The molecule has 0 saturated heterocycles. The molecule has 0 heterocycles. The fourth-order valence-electron chi connectivity index (χ4n) is 0.808. The van der Waals surface area contributed by atoms with Crippen molar-refractivity contribution in [3.05, 3.63) is 32.1 Å². The van der Waals surface area contributed by atoms with Gasteiger partial charge in [-0.1, -0.05) is 11.6 Å². The monoisotopic (exact) mass is 332 g/mol. The maximum atomic E-state index is 12.9. The molecule has 0 saturated carbocycles. The zero-order valence-corrected chi connectivity index (χ0v) is 9.95. The van der Waals surface area contributed by atoms with Crippen molar-refractivity contribution in [1.29, 1.82) is 0 Å². The van der Waals surface area contributed by atoms with Gasteiger partial charge < -0.3 is 0 Å². The summed E-state index contributed by atoms with van der Waals surface area (Å²) in [6, 6.07) is 2.51. The predicted octanol–water partition coefficient (Wildman–Crippen LogP) is 3.51. The summed E-state index contributed by atoms with van der Waals surface area (Å²) >= 11 is 12.8. The molecule has 0 atom stereocenters. The largest absolute Gasteiger partial charge is 0.293 e. The van der Waals surface area contributed by atoms with E-state index < -0.39 is 5.82 Å². The molecule has 0 N–H and O–H groups in total. The van der Waals surface area contributed by atoms with E-state index in [9.17, 15) is 9.18 Å². The van der Waals surface area contributed by atoms with Crippen LogP contribution in [0, 0.1) is 9.39 Å². The summed E-state index contributed by atoms with van der Waals surface area (Å²) in [6.45, 7) is 0. The van der Waals surface area contributed by atoms with Crippen molar-refractivity contribution in [2.75, 3.05) is 5.88 Å². The summed E-state index contributed by atoms with van der Waals surface area (Å²) in [4.78, 5) is 11.2. The second-order valence-corrected chi connectivity index (χ2v) is 4.14. The lowest BCUT2D eigenvalue weighted by atomic mass is 10.1. The highest BCUT2D eigenvalue weighted by Crippen LogP contribution is 2.22. The number of benzene rings is 1. The van der Waals surface area contributed by atoms with Crippen molar-refractivity contribution in [3.8, 4) is 0 Å². The Hall–Kier alpha value is 0.130. The van der Waals surface area contributed by atoms with Crippen molar-refractivity contribution in [2.24, 2.45) is 0 Å². The summed E-state index contributed by atoms with van der Waals surface area (Å²) in [5.74, 6) is -1.06. The Morgan fingerprint density at radius 3 is 2.69 bits per heavy atom. The molecule has 0 fully saturated rings. The van der Waals surface area contributed by atoms with Crippen LogP contribution in [0.5, 0.6) is 0 Å². The normalized spacial score (nSPS) is 10.2. The van der Waals surface area contributed by atoms with E-state index >= 15 is 0 Å². The van der Waals surface area contributed by atoms with Gasteiger partial charge in [0.2, 0.25) is 0 Å². The topological polar surface area (TPSA) is 17.1 Å². The molecule has 5 heteroatoms. The molecule has 0 radical (unpaired) electrons. The van der Waals surface area contributed by atoms with Crippen LogP contribution in [0.15, 0.2) is 12.1 Å². The van der Waals surface area contributed by atoms with E-state index in [1.54, 1.807) is 0 Å². The van der Waals surface area contributed by atoms with Gasteiger partial charge in [-0.15, -0.1) is 11.6 Å². The Labute approximate surface area is 98.4 Å². The summed E-state index contributed by atoms with van der Waals surface area (Å²) in [5, 5.41) is 0.00974. The number of carbonyl (C=O) groups excluding carboxylic acids is 1. The molecule has 0 unspecified atom stereocenters. The van der Waals surface area contributed by atoms with Gasteiger partial charge >= 0.3 is 0 Å².